The van der Waals surface area contributed by atoms with Crippen LogP contribution in [-0.4, -0.2) is 81.0 Å². The summed E-state index contributed by atoms with van der Waals surface area (Å²) in [7, 11) is 0. The molecule has 0 aromatic heterocycles. The second kappa shape index (κ2) is 5.97. The molecule has 120 valence electrons. The minimum Gasteiger partial charge on any atom is -0.458 e. The molecule has 9 heteroatoms. The third kappa shape index (κ3) is 3.09. The number of rotatable bonds is 3. The van der Waals surface area contributed by atoms with Crippen LogP contribution in [0.3, 0.4) is 0 Å². The molecule has 1 saturated heterocycles. The van der Waals surface area contributed by atoms with Gasteiger partial charge in [0, 0.05) is 0 Å². The van der Waals surface area contributed by atoms with Gasteiger partial charge in [0.2, 0.25) is 12.1 Å². The number of Topliss-reactive ketones (excluding diaryl/α,β-unsaturated/α-hetero) is 1. The maximum absolute atomic E-state index is 11.9. The molecule has 6 atom stereocenters. The monoisotopic (exact) mass is 306 g/mol. The zero-order valence-corrected chi connectivity index (χ0v) is 11.2. The molecule has 2 heterocycles. The number of ether oxygens (including phenoxy) is 3. The Bertz CT molecular complexity index is 430. The average molecular weight is 306 g/mol. The van der Waals surface area contributed by atoms with Crippen LogP contribution in [0.2, 0.25) is 0 Å². The molecule has 0 amide bonds. The summed E-state index contributed by atoms with van der Waals surface area (Å²) < 4.78 is 15.1. The number of hydrogen-bond acceptors (Lipinski definition) is 9. The van der Waals surface area contributed by atoms with Gasteiger partial charge in [0.25, 0.3) is 5.78 Å². The minimum atomic E-state index is -2.06. The third-order valence-corrected chi connectivity index (χ3v) is 3.37. The van der Waals surface area contributed by atoms with E-state index in [1.807, 2.05) is 0 Å². The molecule has 2 aliphatic heterocycles. The highest BCUT2D eigenvalue weighted by Crippen LogP contribution is 2.27. The SMILES string of the molecule is CC1(O)OCC=C(O[C@H]2O[C@H](CO)[C@@H](O)[C@H](O)[C@H]2O)C1=O. The highest BCUT2D eigenvalue weighted by molar-refractivity contribution is 5.99. The molecule has 1 unspecified atom stereocenters. The molecule has 21 heavy (non-hydrogen) atoms. The van der Waals surface area contributed by atoms with E-state index >= 15 is 0 Å². The second-order valence-corrected chi connectivity index (χ2v) is 5.01. The molecule has 2 aliphatic rings. The summed E-state index contributed by atoms with van der Waals surface area (Å²) in [6, 6.07) is 0. The normalized spacial score (nSPS) is 44.4. The van der Waals surface area contributed by atoms with Crippen LogP contribution in [0.25, 0.3) is 0 Å². The summed E-state index contributed by atoms with van der Waals surface area (Å²) >= 11 is 0. The molecular weight excluding hydrogens is 288 g/mol. The minimum absolute atomic E-state index is 0.0918. The van der Waals surface area contributed by atoms with Gasteiger partial charge < -0.3 is 39.7 Å². The number of carbonyl (C=O) groups excluding carboxylic acids is 1. The fourth-order valence-corrected chi connectivity index (χ4v) is 2.06. The van der Waals surface area contributed by atoms with E-state index in [2.05, 4.69) is 0 Å². The molecule has 2 rings (SSSR count). The van der Waals surface area contributed by atoms with E-state index in [0.29, 0.717) is 0 Å². The summed E-state index contributed by atoms with van der Waals surface area (Å²) in [6.45, 7) is 0.434. The molecule has 0 radical (unpaired) electrons. The van der Waals surface area contributed by atoms with Crippen LogP contribution in [-0.2, 0) is 19.0 Å². The van der Waals surface area contributed by atoms with Crippen LogP contribution in [0.5, 0.6) is 0 Å². The van der Waals surface area contributed by atoms with Crippen molar-refractivity contribution in [3.63, 3.8) is 0 Å². The largest absolute Gasteiger partial charge is 0.458 e. The standard InChI is InChI=1S/C12H18O9/c1-12(18)10(17)5(2-3-19-12)20-11-9(16)8(15)7(14)6(4-13)21-11/h2,6-9,11,13-16,18H,3-4H2,1H3/t6-,7-,8+,9-,11+,12?/m1/s1. The second-order valence-electron chi connectivity index (χ2n) is 5.01. The van der Waals surface area contributed by atoms with Crippen molar-refractivity contribution in [2.45, 2.75) is 43.4 Å². The molecule has 0 aliphatic carbocycles. The fourth-order valence-electron chi connectivity index (χ4n) is 2.06. The molecular formula is C12H18O9. The van der Waals surface area contributed by atoms with Crippen molar-refractivity contribution in [3.05, 3.63) is 11.8 Å². The lowest BCUT2D eigenvalue weighted by molar-refractivity contribution is -0.293. The van der Waals surface area contributed by atoms with Gasteiger partial charge in [-0.2, -0.15) is 0 Å². The Morgan fingerprint density at radius 1 is 1.33 bits per heavy atom. The molecule has 0 bridgehead atoms. The van der Waals surface area contributed by atoms with E-state index in [1.165, 1.54) is 6.08 Å². The lowest BCUT2D eigenvalue weighted by Gasteiger charge is -2.40. The van der Waals surface area contributed by atoms with Gasteiger partial charge in [0.15, 0.2) is 5.76 Å². The molecule has 5 N–H and O–H groups in total. The smallest absolute Gasteiger partial charge is 0.255 e. The number of carbonyl (C=O) groups is 1. The van der Waals surface area contributed by atoms with Crippen molar-refractivity contribution in [1.82, 2.24) is 0 Å². The van der Waals surface area contributed by atoms with Gasteiger partial charge in [-0.1, -0.05) is 0 Å². The first-order chi connectivity index (χ1) is 9.77. The quantitative estimate of drug-likeness (QED) is 0.368. The van der Waals surface area contributed by atoms with E-state index in [0.717, 1.165) is 6.92 Å². The molecule has 9 nitrogen and oxygen atoms in total. The van der Waals surface area contributed by atoms with Gasteiger partial charge in [-0.05, 0) is 13.0 Å². The molecule has 0 aromatic carbocycles. The van der Waals surface area contributed by atoms with E-state index < -0.39 is 48.9 Å². The Labute approximate surface area is 120 Å². The number of aliphatic hydroxyl groups is 5. The summed E-state index contributed by atoms with van der Waals surface area (Å²) in [4.78, 5) is 11.9. The summed E-state index contributed by atoms with van der Waals surface area (Å²) in [5, 5.41) is 47.8. The van der Waals surface area contributed by atoms with Gasteiger partial charge >= 0.3 is 0 Å². The van der Waals surface area contributed by atoms with Gasteiger partial charge in [0.1, 0.15) is 24.4 Å². The number of ketones is 1. The van der Waals surface area contributed by atoms with E-state index in [-0.39, 0.29) is 12.4 Å². The van der Waals surface area contributed by atoms with Gasteiger partial charge in [0.05, 0.1) is 13.2 Å². The number of aliphatic hydroxyl groups excluding tert-OH is 4. The average Bonchev–Trinajstić information content (AvgIpc) is 2.44. The van der Waals surface area contributed by atoms with Crippen LogP contribution in [0.1, 0.15) is 6.92 Å². The van der Waals surface area contributed by atoms with Gasteiger partial charge in [-0.25, -0.2) is 0 Å². The van der Waals surface area contributed by atoms with E-state index in [4.69, 9.17) is 19.3 Å². The van der Waals surface area contributed by atoms with Crippen LogP contribution in [0, 0.1) is 0 Å². The van der Waals surface area contributed by atoms with Crippen molar-refractivity contribution in [3.8, 4) is 0 Å². The summed E-state index contributed by atoms with van der Waals surface area (Å²) in [6.07, 6.45) is -6.16. The van der Waals surface area contributed by atoms with Crippen molar-refractivity contribution >= 4 is 5.78 Å². The fraction of sp³-hybridized carbons (Fsp3) is 0.750. The lowest BCUT2D eigenvalue weighted by Crippen LogP contribution is -2.59. The highest BCUT2D eigenvalue weighted by atomic mass is 16.7. The van der Waals surface area contributed by atoms with Crippen LogP contribution in [0.4, 0.5) is 0 Å². The van der Waals surface area contributed by atoms with Crippen LogP contribution >= 0.6 is 0 Å². The molecule has 0 aromatic rings. The van der Waals surface area contributed by atoms with Crippen molar-refractivity contribution in [2.24, 2.45) is 0 Å². The molecule has 1 fully saturated rings. The zero-order valence-electron chi connectivity index (χ0n) is 11.2. The topological polar surface area (TPSA) is 146 Å². The summed E-state index contributed by atoms with van der Waals surface area (Å²) in [5.74, 6) is -3.22. The van der Waals surface area contributed by atoms with E-state index in [1.54, 1.807) is 0 Å². The van der Waals surface area contributed by atoms with Crippen molar-refractivity contribution in [2.75, 3.05) is 13.2 Å². The Kier molecular flexibility index (Phi) is 4.63. The van der Waals surface area contributed by atoms with Crippen molar-refractivity contribution in [1.29, 1.82) is 0 Å². The first-order valence-electron chi connectivity index (χ1n) is 6.36. The van der Waals surface area contributed by atoms with E-state index in [9.17, 15) is 25.2 Å². The third-order valence-electron chi connectivity index (χ3n) is 3.37. The Hall–Kier alpha value is -1.07. The van der Waals surface area contributed by atoms with Gasteiger partial charge in [-0.15, -0.1) is 0 Å². The maximum atomic E-state index is 11.9. The first kappa shape index (κ1) is 16.3. The lowest BCUT2D eigenvalue weighted by atomic mass is 9.99. The number of hydrogen-bond donors (Lipinski definition) is 5. The van der Waals surface area contributed by atoms with Gasteiger partial charge in [-0.3, -0.25) is 4.79 Å². The van der Waals surface area contributed by atoms with Crippen molar-refractivity contribution < 1.29 is 44.5 Å². The van der Waals surface area contributed by atoms with Crippen LogP contribution < -0.4 is 0 Å². The maximum Gasteiger partial charge on any atom is 0.255 e. The summed E-state index contributed by atoms with van der Waals surface area (Å²) in [5.41, 5.74) is 0. The predicted molar refractivity (Wildman–Crippen MR) is 64.5 cm³/mol. The predicted octanol–water partition coefficient (Wildman–Crippen LogP) is -3.01. The highest BCUT2D eigenvalue weighted by Gasteiger charge is 2.46. The first-order valence-corrected chi connectivity index (χ1v) is 6.36. The Morgan fingerprint density at radius 2 is 2.00 bits per heavy atom. The molecule has 0 spiro atoms. The Balaban J connectivity index is 2.11. The Morgan fingerprint density at radius 3 is 2.62 bits per heavy atom. The zero-order chi connectivity index (χ0) is 15.8. The molecule has 0 saturated carbocycles. The van der Waals surface area contributed by atoms with Crippen LogP contribution in [0.15, 0.2) is 11.8 Å².